The zero-order chi connectivity index (χ0) is 9.76. The second-order valence-electron chi connectivity index (χ2n) is 5.73. The van der Waals surface area contributed by atoms with Crippen molar-refractivity contribution in [3.63, 3.8) is 0 Å². The molecule has 3 aliphatic rings. The zero-order valence-electron chi connectivity index (χ0n) is 8.54. The maximum absolute atomic E-state index is 11.3. The Kier molecular flexibility index (Phi) is 1.71. The van der Waals surface area contributed by atoms with Crippen LogP contribution in [0.3, 0.4) is 0 Å². The van der Waals surface area contributed by atoms with E-state index in [1.54, 1.807) is 0 Å². The molecule has 3 rings (SSSR count). The standard InChI is InChI=1S/C12H18O2/c13-11(14)12(4-3-8-1-2-8)6-9-5-10(9)7-12/h8-10H,1-7H2,(H,13,14). The lowest BCUT2D eigenvalue weighted by atomic mass is 9.78. The van der Waals surface area contributed by atoms with Crippen LogP contribution in [0.5, 0.6) is 0 Å². The highest BCUT2D eigenvalue weighted by Gasteiger charge is 2.57. The van der Waals surface area contributed by atoms with Crippen molar-refractivity contribution in [2.24, 2.45) is 23.2 Å². The fourth-order valence-electron chi connectivity index (χ4n) is 3.27. The second-order valence-corrected chi connectivity index (χ2v) is 5.73. The predicted molar refractivity (Wildman–Crippen MR) is 52.9 cm³/mol. The Morgan fingerprint density at radius 3 is 2.43 bits per heavy atom. The summed E-state index contributed by atoms with van der Waals surface area (Å²) in [6.07, 6.45) is 8.12. The summed E-state index contributed by atoms with van der Waals surface area (Å²) in [5.74, 6) is 1.93. The van der Waals surface area contributed by atoms with Crippen LogP contribution in [0.2, 0.25) is 0 Å². The van der Waals surface area contributed by atoms with Crippen molar-refractivity contribution in [2.45, 2.75) is 44.9 Å². The second kappa shape index (κ2) is 2.74. The van der Waals surface area contributed by atoms with Crippen LogP contribution in [-0.4, -0.2) is 11.1 Å². The lowest BCUT2D eigenvalue weighted by Crippen LogP contribution is -2.29. The molecule has 0 spiro atoms. The first kappa shape index (κ1) is 8.75. The summed E-state index contributed by atoms with van der Waals surface area (Å²) in [5, 5.41) is 9.34. The van der Waals surface area contributed by atoms with Gasteiger partial charge in [0.15, 0.2) is 0 Å². The lowest BCUT2D eigenvalue weighted by Gasteiger charge is -2.25. The van der Waals surface area contributed by atoms with E-state index in [0.717, 1.165) is 37.0 Å². The molecule has 0 aromatic rings. The number of carboxylic acids is 1. The minimum Gasteiger partial charge on any atom is -0.481 e. The SMILES string of the molecule is O=C(O)C1(CCC2CC2)CC2CC2C1. The molecule has 2 atom stereocenters. The summed E-state index contributed by atoms with van der Waals surface area (Å²) < 4.78 is 0. The predicted octanol–water partition coefficient (Wildman–Crippen LogP) is 2.68. The topological polar surface area (TPSA) is 37.3 Å². The van der Waals surface area contributed by atoms with Gasteiger partial charge in [-0.2, -0.15) is 0 Å². The summed E-state index contributed by atoms with van der Waals surface area (Å²) in [6, 6.07) is 0. The molecular formula is C12H18O2. The smallest absolute Gasteiger partial charge is 0.309 e. The third-order valence-electron chi connectivity index (χ3n) is 4.56. The van der Waals surface area contributed by atoms with Crippen LogP contribution >= 0.6 is 0 Å². The molecule has 2 nitrogen and oxygen atoms in total. The molecule has 0 aromatic heterocycles. The Labute approximate surface area is 84.7 Å². The van der Waals surface area contributed by atoms with Crippen molar-refractivity contribution in [2.75, 3.05) is 0 Å². The summed E-state index contributed by atoms with van der Waals surface area (Å²) in [7, 11) is 0. The third kappa shape index (κ3) is 1.35. The third-order valence-corrected chi connectivity index (χ3v) is 4.56. The van der Waals surface area contributed by atoms with E-state index in [1.807, 2.05) is 0 Å². The van der Waals surface area contributed by atoms with Gasteiger partial charge in [0, 0.05) is 0 Å². The molecule has 0 aromatic carbocycles. The fourth-order valence-corrected chi connectivity index (χ4v) is 3.27. The fraction of sp³-hybridized carbons (Fsp3) is 0.917. The number of aliphatic carboxylic acids is 1. The van der Waals surface area contributed by atoms with Gasteiger partial charge in [-0.1, -0.05) is 12.8 Å². The molecule has 0 amide bonds. The molecule has 1 N–H and O–H groups in total. The normalized spacial score (nSPS) is 44.9. The first-order chi connectivity index (χ1) is 6.70. The zero-order valence-corrected chi connectivity index (χ0v) is 8.54. The number of carboxylic acid groups (broad SMARTS) is 1. The van der Waals surface area contributed by atoms with E-state index >= 15 is 0 Å². The minimum atomic E-state index is -0.509. The maximum atomic E-state index is 11.3. The van der Waals surface area contributed by atoms with Gasteiger partial charge >= 0.3 is 5.97 Å². The van der Waals surface area contributed by atoms with E-state index in [-0.39, 0.29) is 5.41 Å². The first-order valence-electron chi connectivity index (χ1n) is 5.93. The van der Waals surface area contributed by atoms with Gasteiger partial charge in [-0.3, -0.25) is 4.79 Å². The monoisotopic (exact) mass is 194 g/mol. The number of hydrogen-bond acceptors (Lipinski definition) is 1. The number of rotatable bonds is 4. The Hall–Kier alpha value is -0.530. The van der Waals surface area contributed by atoms with Gasteiger partial charge in [0.05, 0.1) is 5.41 Å². The Bertz CT molecular complexity index is 257. The lowest BCUT2D eigenvalue weighted by molar-refractivity contribution is -0.149. The van der Waals surface area contributed by atoms with Crippen molar-refractivity contribution in [3.8, 4) is 0 Å². The van der Waals surface area contributed by atoms with E-state index in [0.29, 0.717) is 0 Å². The molecule has 0 aliphatic heterocycles. The molecule has 0 bridgehead atoms. The van der Waals surface area contributed by atoms with Crippen LogP contribution in [0.4, 0.5) is 0 Å². The van der Waals surface area contributed by atoms with Crippen LogP contribution in [0, 0.1) is 23.2 Å². The summed E-state index contributed by atoms with van der Waals surface area (Å²) >= 11 is 0. The van der Waals surface area contributed by atoms with Gasteiger partial charge in [0.25, 0.3) is 0 Å². The van der Waals surface area contributed by atoms with E-state index in [1.165, 1.54) is 25.7 Å². The van der Waals surface area contributed by atoms with Gasteiger partial charge in [-0.15, -0.1) is 0 Å². The molecule has 78 valence electrons. The summed E-state index contributed by atoms with van der Waals surface area (Å²) in [5.41, 5.74) is -0.295. The molecule has 2 unspecified atom stereocenters. The Morgan fingerprint density at radius 1 is 1.29 bits per heavy atom. The summed E-state index contributed by atoms with van der Waals surface area (Å²) in [6.45, 7) is 0. The molecule has 3 saturated carbocycles. The van der Waals surface area contributed by atoms with Gasteiger partial charge in [0.1, 0.15) is 0 Å². The molecule has 3 fully saturated rings. The largest absolute Gasteiger partial charge is 0.481 e. The highest BCUT2D eigenvalue weighted by molar-refractivity contribution is 5.75. The van der Waals surface area contributed by atoms with Crippen LogP contribution < -0.4 is 0 Å². The van der Waals surface area contributed by atoms with E-state index in [4.69, 9.17) is 0 Å². The number of carbonyl (C=O) groups is 1. The Morgan fingerprint density at radius 2 is 1.93 bits per heavy atom. The van der Waals surface area contributed by atoms with Crippen LogP contribution in [0.25, 0.3) is 0 Å². The van der Waals surface area contributed by atoms with Crippen LogP contribution in [-0.2, 0) is 4.79 Å². The van der Waals surface area contributed by atoms with E-state index < -0.39 is 5.97 Å². The van der Waals surface area contributed by atoms with E-state index in [9.17, 15) is 9.90 Å². The molecule has 3 aliphatic carbocycles. The number of fused-ring (bicyclic) bond motifs is 1. The van der Waals surface area contributed by atoms with E-state index in [2.05, 4.69) is 0 Å². The molecule has 2 heteroatoms. The minimum absolute atomic E-state index is 0.295. The summed E-state index contributed by atoms with van der Waals surface area (Å²) in [4.78, 5) is 11.3. The molecule has 14 heavy (non-hydrogen) atoms. The van der Waals surface area contributed by atoms with Crippen LogP contribution in [0.15, 0.2) is 0 Å². The average molecular weight is 194 g/mol. The highest BCUT2D eigenvalue weighted by Crippen LogP contribution is 2.62. The van der Waals surface area contributed by atoms with Crippen molar-refractivity contribution >= 4 is 5.97 Å². The van der Waals surface area contributed by atoms with Crippen molar-refractivity contribution < 1.29 is 9.90 Å². The molecule has 0 heterocycles. The van der Waals surface area contributed by atoms with Gasteiger partial charge in [-0.05, 0) is 49.9 Å². The van der Waals surface area contributed by atoms with Gasteiger partial charge in [0.2, 0.25) is 0 Å². The highest BCUT2D eigenvalue weighted by atomic mass is 16.4. The average Bonchev–Trinajstić information content (AvgIpc) is 3.04. The number of hydrogen-bond donors (Lipinski definition) is 1. The van der Waals surface area contributed by atoms with Gasteiger partial charge in [-0.25, -0.2) is 0 Å². The maximum Gasteiger partial charge on any atom is 0.309 e. The molecular weight excluding hydrogens is 176 g/mol. The first-order valence-corrected chi connectivity index (χ1v) is 5.93. The van der Waals surface area contributed by atoms with Crippen LogP contribution in [0.1, 0.15) is 44.9 Å². The Balaban J connectivity index is 1.65. The van der Waals surface area contributed by atoms with Gasteiger partial charge < -0.3 is 5.11 Å². The van der Waals surface area contributed by atoms with Crippen molar-refractivity contribution in [1.82, 2.24) is 0 Å². The molecule has 0 saturated heterocycles. The van der Waals surface area contributed by atoms with Crippen molar-refractivity contribution in [3.05, 3.63) is 0 Å². The molecule has 0 radical (unpaired) electrons. The quantitative estimate of drug-likeness (QED) is 0.747. The van der Waals surface area contributed by atoms with Crippen molar-refractivity contribution in [1.29, 1.82) is 0 Å².